The molecule has 0 aromatic heterocycles. The summed E-state index contributed by atoms with van der Waals surface area (Å²) in [6, 6.07) is 0. The topological polar surface area (TPSA) is 27.7 Å². The van der Waals surface area contributed by atoms with E-state index < -0.39 is 0 Å². The Bertz CT molecular complexity index is 208. The van der Waals surface area contributed by atoms with Crippen LogP contribution in [0.15, 0.2) is 12.2 Å². The first kappa shape index (κ1) is 11.1. The molecule has 0 spiro atoms. The number of ether oxygens (including phenoxy) is 1. The van der Waals surface area contributed by atoms with Gasteiger partial charge in [-0.15, -0.1) is 0 Å². The van der Waals surface area contributed by atoms with Crippen molar-refractivity contribution in [3.05, 3.63) is 12.2 Å². The predicted molar refractivity (Wildman–Crippen MR) is 60.8 cm³/mol. The highest BCUT2D eigenvalue weighted by molar-refractivity contribution is 5.01. The molecule has 15 heavy (non-hydrogen) atoms. The third-order valence-electron chi connectivity index (χ3n) is 2.94. The average molecular weight is 211 g/mol. The van der Waals surface area contributed by atoms with E-state index in [1.54, 1.807) is 0 Å². The van der Waals surface area contributed by atoms with E-state index in [-0.39, 0.29) is 0 Å². The van der Waals surface area contributed by atoms with Crippen molar-refractivity contribution in [3.63, 3.8) is 0 Å². The second-order valence-electron chi connectivity index (χ2n) is 4.35. The Balaban J connectivity index is 1.66. The normalized spacial score (nSPS) is 24.5. The van der Waals surface area contributed by atoms with Crippen molar-refractivity contribution < 1.29 is 4.74 Å². The van der Waals surface area contributed by atoms with Gasteiger partial charge >= 0.3 is 0 Å². The molecule has 2 saturated heterocycles. The van der Waals surface area contributed by atoms with Crippen molar-refractivity contribution in [2.45, 2.75) is 0 Å². The van der Waals surface area contributed by atoms with Crippen LogP contribution in [-0.4, -0.2) is 69.0 Å². The van der Waals surface area contributed by atoms with E-state index in [2.05, 4.69) is 21.7 Å². The van der Waals surface area contributed by atoms with Crippen LogP contribution in [0.5, 0.6) is 0 Å². The molecule has 0 unspecified atom stereocenters. The minimum Gasteiger partial charge on any atom is -0.379 e. The molecule has 2 fully saturated rings. The van der Waals surface area contributed by atoms with Gasteiger partial charge in [-0.3, -0.25) is 9.80 Å². The summed E-state index contributed by atoms with van der Waals surface area (Å²) in [4.78, 5) is 4.83. The number of hydrogen-bond acceptors (Lipinski definition) is 4. The molecular formula is C11H21N3O. The van der Waals surface area contributed by atoms with Gasteiger partial charge in [0.2, 0.25) is 0 Å². The summed E-state index contributed by atoms with van der Waals surface area (Å²) in [6.45, 7) is 13.4. The van der Waals surface area contributed by atoms with Crippen LogP contribution in [0.25, 0.3) is 0 Å². The van der Waals surface area contributed by atoms with Gasteiger partial charge in [-0.1, -0.05) is 6.58 Å². The van der Waals surface area contributed by atoms with Crippen LogP contribution in [0.4, 0.5) is 0 Å². The molecule has 0 amide bonds. The second-order valence-corrected chi connectivity index (χ2v) is 4.35. The molecule has 0 aromatic rings. The highest BCUT2D eigenvalue weighted by Gasteiger charge is 2.15. The smallest absolute Gasteiger partial charge is 0.0594 e. The Hall–Kier alpha value is -0.420. The SMILES string of the molecule is C=C(CN1CCOCC1)CN1CCNC1. The summed E-state index contributed by atoms with van der Waals surface area (Å²) in [5.41, 5.74) is 1.32. The lowest BCUT2D eigenvalue weighted by Gasteiger charge is -2.28. The zero-order valence-corrected chi connectivity index (χ0v) is 9.37. The van der Waals surface area contributed by atoms with Crippen molar-refractivity contribution >= 4 is 0 Å². The fourth-order valence-electron chi connectivity index (χ4n) is 2.13. The fourth-order valence-corrected chi connectivity index (χ4v) is 2.13. The van der Waals surface area contributed by atoms with E-state index in [1.807, 2.05) is 0 Å². The molecule has 0 radical (unpaired) electrons. The molecule has 2 aliphatic heterocycles. The quantitative estimate of drug-likeness (QED) is 0.648. The van der Waals surface area contributed by atoms with Gasteiger partial charge in [-0.05, 0) is 5.57 Å². The molecule has 86 valence electrons. The molecular weight excluding hydrogens is 190 g/mol. The van der Waals surface area contributed by atoms with Crippen molar-refractivity contribution in [2.75, 3.05) is 59.2 Å². The molecule has 0 saturated carbocycles. The second kappa shape index (κ2) is 5.61. The lowest BCUT2D eigenvalue weighted by molar-refractivity contribution is 0.0417. The number of hydrogen-bond donors (Lipinski definition) is 1. The van der Waals surface area contributed by atoms with E-state index in [0.717, 1.165) is 59.2 Å². The van der Waals surface area contributed by atoms with Crippen LogP contribution < -0.4 is 5.32 Å². The van der Waals surface area contributed by atoms with Gasteiger partial charge in [0.1, 0.15) is 0 Å². The average Bonchev–Trinajstić information content (AvgIpc) is 2.71. The predicted octanol–water partition coefficient (Wildman–Crippen LogP) is -0.262. The Morgan fingerprint density at radius 3 is 2.53 bits per heavy atom. The van der Waals surface area contributed by atoms with Crippen molar-refractivity contribution in [1.29, 1.82) is 0 Å². The van der Waals surface area contributed by atoms with E-state index in [0.29, 0.717) is 0 Å². The molecule has 2 rings (SSSR count). The number of nitrogens with zero attached hydrogens (tertiary/aromatic N) is 2. The van der Waals surface area contributed by atoms with Crippen molar-refractivity contribution in [3.8, 4) is 0 Å². The van der Waals surface area contributed by atoms with Gasteiger partial charge in [-0.2, -0.15) is 0 Å². The monoisotopic (exact) mass is 211 g/mol. The molecule has 2 aliphatic rings. The fraction of sp³-hybridized carbons (Fsp3) is 0.818. The first-order valence-electron chi connectivity index (χ1n) is 5.74. The maximum atomic E-state index is 5.32. The van der Waals surface area contributed by atoms with E-state index >= 15 is 0 Å². The molecule has 0 bridgehead atoms. The highest BCUT2D eigenvalue weighted by atomic mass is 16.5. The van der Waals surface area contributed by atoms with Gasteiger partial charge in [0.05, 0.1) is 13.2 Å². The third kappa shape index (κ3) is 3.57. The van der Waals surface area contributed by atoms with Gasteiger partial charge < -0.3 is 10.1 Å². The summed E-state index contributed by atoms with van der Waals surface area (Å²) in [7, 11) is 0. The van der Waals surface area contributed by atoms with E-state index in [1.165, 1.54) is 5.57 Å². The van der Waals surface area contributed by atoms with Gasteiger partial charge in [0.15, 0.2) is 0 Å². The minimum atomic E-state index is 0.874. The molecule has 2 heterocycles. The van der Waals surface area contributed by atoms with Gasteiger partial charge in [0, 0.05) is 45.9 Å². The molecule has 0 aromatic carbocycles. The summed E-state index contributed by atoms with van der Waals surface area (Å²) in [5.74, 6) is 0. The van der Waals surface area contributed by atoms with Crippen LogP contribution in [0, 0.1) is 0 Å². The number of nitrogens with one attached hydrogen (secondary N) is 1. The Labute approximate surface area is 91.9 Å². The first-order valence-corrected chi connectivity index (χ1v) is 5.74. The lowest BCUT2D eigenvalue weighted by Crippen LogP contribution is -2.38. The van der Waals surface area contributed by atoms with Crippen molar-refractivity contribution in [1.82, 2.24) is 15.1 Å². The van der Waals surface area contributed by atoms with Gasteiger partial charge in [-0.25, -0.2) is 0 Å². The summed E-state index contributed by atoms with van der Waals surface area (Å²) < 4.78 is 5.32. The van der Waals surface area contributed by atoms with Crippen LogP contribution in [0.3, 0.4) is 0 Å². The Morgan fingerprint density at radius 2 is 1.87 bits per heavy atom. The van der Waals surface area contributed by atoms with Crippen molar-refractivity contribution in [2.24, 2.45) is 0 Å². The Kier molecular flexibility index (Phi) is 4.14. The summed E-state index contributed by atoms with van der Waals surface area (Å²) in [6.07, 6.45) is 0. The first-order chi connectivity index (χ1) is 7.34. The van der Waals surface area contributed by atoms with Gasteiger partial charge in [0.25, 0.3) is 0 Å². The van der Waals surface area contributed by atoms with E-state index in [9.17, 15) is 0 Å². The molecule has 4 heteroatoms. The summed E-state index contributed by atoms with van der Waals surface area (Å²) >= 11 is 0. The highest BCUT2D eigenvalue weighted by Crippen LogP contribution is 2.04. The summed E-state index contributed by atoms with van der Waals surface area (Å²) in [5, 5.41) is 3.33. The third-order valence-corrected chi connectivity index (χ3v) is 2.94. The van der Waals surface area contributed by atoms with E-state index in [4.69, 9.17) is 4.74 Å². The maximum Gasteiger partial charge on any atom is 0.0594 e. The maximum absolute atomic E-state index is 5.32. The zero-order valence-electron chi connectivity index (χ0n) is 9.37. The van der Waals surface area contributed by atoms with Crippen LogP contribution in [0.1, 0.15) is 0 Å². The van der Waals surface area contributed by atoms with Crippen LogP contribution in [-0.2, 0) is 4.74 Å². The molecule has 0 atom stereocenters. The molecule has 1 N–H and O–H groups in total. The van der Waals surface area contributed by atoms with Crippen LogP contribution in [0.2, 0.25) is 0 Å². The Morgan fingerprint density at radius 1 is 1.13 bits per heavy atom. The molecule has 0 aliphatic carbocycles. The van der Waals surface area contributed by atoms with Crippen LogP contribution >= 0.6 is 0 Å². The largest absolute Gasteiger partial charge is 0.379 e. The number of morpholine rings is 1. The minimum absolute atomic E-state index is 0.874. The standard InChI is InChI=1S/C11H21N3O/c1-11(9-14-3-2-12-10-14)8-13-4-6-15-7-5-13/h12H,1-10H2. The lowest BCUT2D eigenvalue weighted by atomic mass is 10.2. The number of rotatable bonds is 4. The zero-order chi connectivity index (χ0) is 10.5. The molecule has 4 nitrogen and oxygen atoms in total.